The molecule has 0 aliphatic heterocycles. The van der Waals surface area contributed by atoms with E-state index in [9.17, 15) is 0 Å². The zero-order valence-corrected chi connectivity index (χ0v) is 11.7. The lowest BCUT2D eigenvalue weighted by atomic mass is 10.0. The Morgan fingerprint density at radius 2 is 1.89 bits per heavy atom. The lowest BCUT2D eigenvalue weighted by Gasteiger charge is -2.20. The maximum Gasteiger partial charge on any atom is 0.126 e. The average Bonchev–Trinajstić information content (AvgIpc) is 2.34. The van der Waals surface area contributed by atoms with E-state index in [1.807, 2.05) is 31.9 Å². The molecule has 0 heterocycles. The molecule has 0 fully saturated rings. The summed E-state index contributed by atoms with van der Waals surface area (Å²) in [6.45, 7) is 5.08. The van der Waals surface area contributed by atoms with E-state index in [1.54, 1.807) is 14.2 Å². The molecule has 0 spiro atoms. The van der Waals surface area contributed by atoms with Crippen LogP contribution in [0.2, 0.25) is 0 Å². The molecule has 18 heavy (non-hydrogen) atoms. The van der Waals surface area contributed by atoms with Gasteiger partial charge in [-0.25, -0.2) is 0 Å². The van der Waals surface area contributed by atoms with Gasteiger partial charge in [-0.1, -0.05) is 0 Å². The Labute approximate surface area is 109 Å². The molecule has 0 bridgehead atoms. The number of ether oxygens (including phenoxy) is 2. The van der Waals surface area contributed by atoms with E-state index in [-0.39, 0.29) is 0 Å². The van der Waals surface area contributed by atoms with Crippen molar-refractivity contribution in [1.29, 1.82) is 5.26 Å². The van der Waals surface area contributed by atoms with Crippen molar-refractivity contribution < 1.29 is 9.47 Å². The zero-order valence-electron chi connectivity index (χ0n) is 11.7. The van der Waals surface area contributed by atoms with E-state index in [1.165, 1.54) is 0 Å². The normalized spacial score (nSPS) is 10.3. The van der Waals surface area contributed by atoms with E-state index < -0.39 is 0 Å². The maximum absolute atomic E-state index is 8.69. The summed E-state index contributed by atoms with van der Waals surface area (Å²) in [6, 6.07) is 4.11. The van der Waals surface area contributed by atoms with Crippen molar-refractivity contribution in [2.24, 2.45) is 0 Å². The number of nitriles is 1. The molecule has 0 saturated carbocycles. The van der Waals surface area contributed by atoms with Gasteiger partial charge in [-0.15, -0.1) is 0 Å². The summed E-state index contributed by atoms with van der Waals surface area (Å²) >= 11 is 0. The highest BCUT2D eigenvalue weighted by atomic mass is 16.5. The van der Waals surface area contributed by atoms with E-state index in [4.69, 9.17) is 14.7 Å². The lowest BCUT2D eigenvalue weighted by Crippen LogP contribution is -2.18. The molecule has 0 aliphatic rings. The summed E-state index contributed by atoms with van der Waals surface area (Å²) in [5, 5.41) is 8.69. The third kappa shape index (κ3) is 2.93. The first-order valence-corrected chi connectivity index (χ1v) is 5.81. The van der Waals surface area contributed by atoms with Crippen LogP contribution in [-0.2, 0) is 6.54 Å². The fourth-order valence-electron chi connectivity index (χ4n) is 2.01. The molecule has 4 heteroatoms. The van der Waals surface area contributed by atoms with E-state index in [0.29, 0.717) is 13.1 Å². The van der Waals surface area contributed by atoms with Crippen molar-refractivity contribution in [2.75, 3.05) is 27.8 Å². The molecular formula is C14H20N2O2. The van der Waals surface area contributed by atoms with E-state index in [2.05, 4.69) is 6.07 Å². The molecule has 0 N–H and O–H groups in total. The zero-order chi connectivity index (χ0) is 13.7. The predicted octanol–water partition coefficient (Wildman–Crippen LogP) is 2.28. The number of nitrogens with zero attached hydrogens (tertiary/aromatic N) is 2. The largest absolute Gasteiger partial charge is 0.496 e. The molecular weight excluding hydrogens is 228 g/mol. The second-order valence-electron chi connectivity index (χ2n) is 4.35. The highest BCUT2D eigenvalue weighted by Crippen LogP contribution is 2.33. The monoisotopic (exact) mass is 248 g/mol. The predicted molar refractivity (Wildman–Crippen MR) is 71.0 cm³/mol. The van der Waals surface area contributed by atoms with Gasteiger partial charge in [0.2, 0.25) is 0 Å². The second kappa shape index (κ2) is 6.27. The number of benzene rings is 1. The van der Waals surface area contributed by atoms with Crippen LogP contribution in [0.1, 0.15) is 16.7 Å². The molecule has 0 unspecified atom stereocenters. The number of hydrogen-bond donors (Lipinski definition) is 0. The van der Waals surface area contributed by atoms with Crippen molar-refractivity contribution in [3.8, 4) is 17.6 Å². The summed E-state index contributed by atoms with van der Waals surface area (Å²) < 4.78 is 10.8. The van der Waals surface area contributed by atoms with Crippen molar-refractivity contribution in [1.82, 2.24) is 4.90 Å². The molecule has 0 amide bonds. The summed E-state index contributed by atoms with van der Waals surface area (Å²) in [5.41, 5.74) is 3.20. The average molecular weight is 248 g/mol. The SMILES string of the molecule is COc1cc(CN(C)CC#N)c(OC)c(C)c1C. The fraction of sp³-hybridized carbons (Fsp3) is 0.500. The van der Waals surface area contributed by atoms with Gasteiger partial charge in [0.05, 0.1) is 26.8 Å². The highest BCUT2D eigenvalue weighted by Gasteiger charge is 2.14. The maximum atomic E-state index is 8.69. The molecule has 1 aromatic carbocycles. The number of methoxy groups -OCH3 is 2. The van der Waals surface area contributed by atoms with Crippen molar-refractivity contribution in [3.63, 3.8) is 0 Å². The smallest absolute Gasteiger partial charge is 0.126 e. The van der Waals surface area contributed by atoms with Crippen LogP contribution in [0.4, 0.5) is 0 Å². The van der Waals surface area contributed by atoms with Crippen LogP contribution in [0.15, 0.2) is 6.07 Å². The molecule has 0 aliphatic carbocycles. The van der Waals surface area contributed by atoms with Gasteiger partial charge < -0.3 is 9.47 Å². The first-order chi connectivity index (χ1) is 8.54. The Balaban J connectivity index is 3.17. The molecule has 4 nitrogen and oxygen atoms in total. The minimum absolute atomic E-state index is 0.387. The molecule has 1 rings (SSSR count). The quantitative estimate of drug-likeness (QED) is 0.750. The van der Waals surface area contributed by atoms with Crippen molar-refractivity contribution in [3.05, 3.63) is 22.8 Å². The second-order valence-corrected chi connectivity index (χ2v) is 4.35. The first-order valence-electron chi connectivity index (χ1n) is 5.81. The highest BCUT2D eigenvalue weighted by molar-refractivity contribution is 5.52. The van der Waals surface area contributed by atoms with Gasteiger partial charge in [0.25, 0.3) is 0 Å². The standard InChI is InChI=1S/C14H20N2O2/c1-10-11(2)14(18-5)12(8-13(10)17-4)9-16(3)7-6-15/h8H,7,9H2,1-5H3. The van der Waals surface area contributed by atoms with Crippen LogP contribution < -0.4 is 9.47 Å². The Morgan fingerprint density at radius 3 is 2.39 bits per heavy atom. The Morgan fingerprint density at radius 1 is 1.22 bits per heavy atom. The summed E-state index contributed by atoms with van der Waals surface area (Å²) in [4.78, 5) is 1.94. The van der Waals surface area contributed by atoms with Gasteiger partial charge in [0.15, 0.2) is 0 Å². The number of rotatable bonds is 5. The van der Waals surface area contributed by atoms with Gasteiger partial charge in [0, 0.05) is 12.1 Å². The number of hydrogen-bond acceptors (Lipinski definition) is 4. The molecule has 0 atom stereocenters. The van der Waals surface area contributed by atoms with Crippen LogP contribution >= 0.6 is 0 Å². The van der Waals surface area contributed by atoms with Gasteiger partial charge in [-0.3, -0.25) is 4.90 Å². The van der Waals surface area contributed by atoms with Crippen LogP contribution in [0.5, 0.6) is 11.5 Å². The van der Waals surface area contributed by atoms with Gasteiger partial charge in [-0.2, -0.15) is 5.26 Å². The van der Waals surface area contributed by atoms with Crippen LogP contribution in [0, 0.1) is 25.2 Å². The Kier molecular flexibility index (Phi) is 4.99. The minimum atomic E-state index is 0.387. The fourth-order valence-corrected chi connectivity index (χ4v) is 2.01. The summed E-state index contributed by atoms with van der Waals surface area (Å²) in [5.74, 6) is 1.73. The lowest BCUT2D eigenvalue weighted by molar-refractivity contribution is 0.345. The molecule has 0 saturated heterocycles. The minimum Gasteiger partial charge on any atom is -0.496 e. The van der Waals surface area contributed by atoms with Gasteiger partial charge in [-0.05, 0) is 38.1 Å². The Hall–Kier alpha value is -1.73. The third-order valence-corrected chi connectivity index (χ3v) is 3.07. The van der Waals surface area contributed by atoms with E-state index in [0.717, 1.165) is 28.2 Å². The summed E-state index contributed by atoms with van der Waals surface area (Å²) in [7, 11) is 5.24. The van der Waals surface area contributed by atoms with Gasteiger partial charge in [0.1, 0.15) is 11.5 Å². The van der Waals surface area contributed by atoms with E-state index >= 15 is 0 Å². The van der Waals surface area contributed by atoms with Crippen LogP contribution in [0.3, 0.4) is 0 Å². The molecule has 1 aromatic rings. The topological polar surface area (TPSA) is 45.5 Å². The van der Waals surface area contributed by atoms with Crippen molar-refractivity contribution >= 4 is 0 Å². The van der Waals surface area contributed by atoms with Crippen molar-refractivity contribution in [2.45, 2.75) is 20.4 Å². The third-order valence-electron chi connectivity index (χ3n) is 3.07. The van der Waals surface area contributed by atoms with Gasteiger partial charge >= 0.3 is 0 Å². The molecule has 0 aromatic heterocycles. The molecule has 0 radical (unpaired) electrons. The summed E-state index contributed by atoms with van der Waals surface area (Å²) in [6.07, 6.45) is 0. The molecule has 98 valence electrons. The van der Waals surface area contributed by atoms with Crippen LogP contribution in [0.25, 0.3) is 0 Å². The van der Waals surface area contributed by atoms with Crippen LogP contribution in [-0.4, -0.2) is 32.7 Å². The Bertz CT molecular complexity index is 464. The first kappa shape index (κ1) is 14.3.